The summed E-state index contributed by atoms with van der Waals surface area (Å²) < 4.78 is 0. The highest BCUT2D eigenvalue weighted by atomic mass is 16.3. The van der Waals surface area contributed by atoms with Gasteiger partial charge in [-0.2, -0.15) is 0 Å². The Morgan fingerprint density at radius 1 is 0.450 bits per heavy atom. The third-order valence-corrected chi connectivity index (χ3v) is 16.9. The van der Waals surface area contributed by atoms with Crippen molar-refractivity contribution in [3.05, 3.63) is 113 Å². The number of benzene rings is 4. The van der Waals surface area contributed by atoms with Gasteiger partial charge >= 0.3 is 0 Å². The first kappa shape index (κ1) is 38.5. The number of hydrogen-bond donors (Lipinski definition) is 2. The lowest BCUT2D eigenvalue weighted by molar-refractivity contribution is -0.00623. The smallest absolute Gasteiger partial charge is 0.127 e. The van der Waals surface area contributed by atoms with Gasteiger partial charge in [0.05, 0.1) is 11.4 Å². The largest absolute Gasteiger partial charge is 0.507 e. The van der Waals surface area contributed by atoms with Crippen LogP contribution in [0.1, 0.15) is 141 Å². The van der Waals surface area contributed by atoms with E-state index in [2.05, 4.69) is 133 Å². The van der Waals surface area contributed by atoms with Crippen molar-refractivity contribution in [2.45, 2.75) is 140 Å². The summed E-state index contributed by atoms with van der Waals surface area (Å²) in [5, 5.41) is 24.7. The molecule has 1 heterocycles. The topological polar surface area (TPSA) is 53.4 Å². The molecule has 3 heteroatoms. The van der Waals surface area contributed by atoms with E-state index in [-0.39, 0.29) is 21.7 Å². The van der Waals surface area contributed by atoms with Gasteiger partial charge in [0.25, 0.3) is 0 Å². The number of hydrogen-bond acceptors (Lipinski definition) is 3. The summed E-state index contributed by atoms with van der Waals surface area (Å²) in [6, 6.07) is 32.6. The van der Waals surface area contributed by atoms with Gasteiger partial charge in [-0.15, -0.1) is 0 Å². The highest BCUT2D eigenvalue weighted by Gasteiger charge is 2.54. The van der Waals surface area contributed by atoms with Crippen molar-refractivity contribution in [1.82, 2.24) is 4.98 Å². The van der Waals surface area contributed by atoms with Crippen molar-refractivity contribution in [1.29, 1.82) is 0 Å². The van der Waals surface area contributed by atoms with Crippen LogP contribution in [0.15, 0.2) is 91.0 Å². The van der Waals surface area contributed by atoms with Crippen molar-refractivity contribution in [2.75, 3.05) is 0 Å². The van der Waals surface area contributed by atoms with Crippen LogP contribution in [0.2, 0.25) is 0 Å². The second kappa shape index (κ2) is 13.6. The zero-order valence-electron chi connectivity index (χ0n) is 37.0. The number of rotatable bonds is 6. The lowest BCUT2D eigenvalue weighted by atomic mass is 9.47. The van der Waals surface area contributed by atoms with Gasteiger partial charge in [-0.1, -0.05) is 102 Å². The van der Waals surface area contributed by atoms with E-state index in [1.54, 1.807) is 0 Å². The molecule has 0 spiro atoms. The van der Waals surface area contributed by atoms with Crippen LogP contribution in [0, 0.1) is 35.5 Å². The van der Waals surface area contributed by atoms with Gasteiger partial charge in [-0.05, 0) is 192 Å². The van der Waals surface area contributed by atoms with Crippen LogP contribution in [0.25, 0.3) is 44.8 Å². The predicted octanol–water partition coefficient (Wildman–Crippen LogP) is 14.7. The number of aromatic nitrogens is 1. The van der Waals surface area contributed by atoms with Gasteiger partial charge in [0.2, 0.25) is 0 Å². The summed E-state index contributed by atoms with van der Waals surface area (Å²) in [5.74, 6) is 5.75. The highest BCUT2D eigenvalue weighted by molar-refractivity contribution is 5.89. The van der Waals surface area contributed by atoms with Gasteiger partial charge < -0.3 is 10.2 Å². The van der Waals surface area contributed by atoms with Crippen LogP contribution >= 0.6 is 0 Å². The van der Waals surface area contributed by atoms with Gasteiger partial charge in [0.1, 0.15) is 11.5 Å². The molecule has 0 unspecified atom stereocenters. The van der Waals surface area contributed by atoms with E-state index in [9.17, 15) is 10.2 Å². The molecule has 0 radical (unpaired) electrons. The van der Waals surface area contributed by atoms with E-state index in [4.69, 9.17) is 4.98 Å². The molecule has 310 valence electrons. The maximum absolute atomic E-state index is 12.6. The maximum atomic E-state index is 12.6. The second-order valence-electron chi connectivity index (χ2n) is 23.2. The first-order valence-electron chi connectivity index (χ1n) is 23.6. The lowest BCUT2D eigenvalue weighted by Gasteiger charge is -2.58. The number of aromatic hydroxyl groups is 2. The van der Waals surface area contributed by atoms with E-state index in [0.29, 0.717) is 11.5 Å². The number of pyridine rings is 1. The van der Waals surface area contributed by atoms with Crippen LogP contribution < -0.4 is 0 Å². The zero-order valence-corrected chi connectivity index (χ0v) is 37.0. The molecule has 3 nitrogen and oxygen atoms in total. The molecule has 8 saturated carbocycles. The maximum Gasteiger partial charge on any atom is 0.127 e. The Bertz CT molecular complexity index is 2440. The summed E-state index contributed by atoms with van der Waals surface area (Å²) >= 11 is 0. The highest BCUT2D eigenvalue weighted by Crippen LogP contribution is 2.64. The Labute approximate surface area is 359 Å². The van der Waals surface area contributed by atoms with Gasteiger partial charge in [0.15, 0.2) is 0 Å². The molecule has 8 fully saturated rings. The van der Waals surface area contributed by atoms with Crippen molar-refractivity contribution in [2.24, 2.45) is 35.5 Å². The summed E-state index contributed by atoms with van der Waals surface area (Å²) in [6.45, 7) is 14.0. The van der Waals surface area contributed by atoms with Crippen LogP contribution in [0.4, 0.5) is 0 Å². The minimum Gasteiger partial charge on any atom is -0.507 e. The zero-order chi connectivity index (χ0) is 41.3. The van der Waals surface area contributed by atoms with E-state index >= 15 is 0 Å². The average Bonchev–Trinajstić information content (AvgIpc) is 3.19. The van der Waals surface area contributed by atoms with E-state index in [0.717, 1.165) is 80.3 Å². The molecule has 8 bridgehead atoms. The lowest BCUT2D eigenvalue weighted by Crippen LogP contribution is -2.49. The fraction of sp³-hybridized carbons (Fsp3) is 0.491. The molecular weight excluding hydrogens is 731 g/mol. The molecule has 13 rings (SSSR count). The van der Waals surface area contributed by atoms with Crippen molar-refractivity contribution >= 4 is 0 Å². The minimum atomic E-state index is -0.0673. The molecular formula is C57H65NO2. The quantitative estimate of drug-likeness (QED) is 0.180. The van der Waals surface area contributed by atoms with E-state index in [1.165, 1.54) is 99.3 Å². The van der Waals surface area contributed by atoms with E-state index < -0.39 is 0 Å². The second-order valence-corrected chi connectivity index (χ2v) is 23.2. The molecule has 60 heavy (non-hydrogen) atoms. The monoisotopic (exact) mass is 796 g/mol. The first-order valence-corrected chi connectivity index (χ1v) is 23.6. The van der Waals surface area contributed by atoms with Gasteiger partial charge in [-0.25, -0.2) is 4.98 Å². The van der Waals surface area contributed by atoms with Gasteiger partial charge in [-0.3, -0.25) is 0 Å². The van der Waals surface area contributed by atoms with Crippen molar-refractivity contribution < 1.29 is 10.2 Å². The van der Waals surface area contributed by atoms with Crippen LogP contribution in [0.5, 0.6) is 11.5 Å². The molecule has 8 aliphatic carbocycles. The summed E-state index contributed by atoms with van der Waals surface area (Å²) in [7, 11) is 0. The normalized spacial score (nSPS) is 30.3. The molecule has 5 aromatic rings. The fourth-order valence-electron chi connectivity index (χ4n) is 15.0. The Morgan fingerprint density at radius 3 is 1.33 bits per heavy atom. The third-order valence-electron chi connectivity index (χ3n) is 16.9. The Balaban J connectivity index is 1.01. The Kier molecular flexibility index (Phi) is 8.71. The predicted molar refractivity (Wildman–Crippen MR) is 246 cm³/mol. The van der Waals surface area contributed by atoms with Crippen LogP contribution in [0.3, 0.4) is 0 Å². The SMILES string of the molecule is CC(C)(C)c1cc(-c2ccccc2-c2cccc(-c3ccccc3-c3cc(C(C)(C)C)c(C45CC6CC(CC(C6)C4)C5)cc3O)n2)c(O)c(C23CC4CC(CC(C4)C2)C3)c1. The summed E-state index contributed by atoms with van der Waals surface area (Å²) in [5.41, 5.74) is 13.0. The minimum absolute atomic E-state index is 0.0661. The molecule has 2 N–H and O–H groups in total. The number of phenols is 2. The molecule has 0 amide bonds. The number of nitrogens with zero attached hydrogens (tertiary/aromatic N) is 1. The fourth-order valence-corrected chi connectivity index (χ4v) is 15.0. The Hall–Kier alpha value is -4.37. The van der Waals surface area contributed by atoms with Crippen molar-refractivity contribution in [3.63, 3.8) is 0 Å². The van der Waals surface area contributed by atoms with Gasteiger partial charge in [0, 0.05) is 27.8 Å². The van der Waals surface area contributed by atoms with Crippen LogP contribution in [-0.2, 0) is 21.7 Å². The Morgan fingerprint density at radius 2 is 0.883 bits per heavy atom. The average molecular weight is 796 g/mol. The van der Waals surface area contributed by atoms with Crippen LogP contribution in [-0.4, -0.2) is 15.2 Å². The standard InChI is InChI=1S/C57H65NO2/c1-54(2,3)40-24-46(53(60)49(25-40)57-31-37-21-38(32-57)23-39(22-37)33-57)42-13-8-10-15-44(42)51-17-11-16-50(58-51)43-14-9-7-12-41(43)45-26-47(55(4,5)6)48(27-52(45)59)56-28-34-18-35(29-56)20-36(19-34)30-56/h7-17,24-27,34-39,59-60H,18-23,28-33H2,1-6H3. The third kappa shape index (κ3) is 6.29. The van der Waals surface area contributed by atoms with E-state index in [1.807, 2.05) is 0 Å². The summed E-state index contributed by atoms with van der Waals surface area (Å²) in [6.07, 6.45) is 15.8. The summed E-state index contributed by atoms with van der Waals surface area (Å²) in [4.78, 5) is 5.45. The molecule has 4 aromatic carbocycles. The molecule has 0 atom stereocenters. The van der Waals surface area contributed by atoms with Crippen molar-refractivity contribution in [3.8, 4) is 56.3 Å². The first-order chi connectivity index (χ1) is 28.6. The number of phenolic OH excluding ortho intramolecular Hbond substituents is 2. The molecule has 8 aliphatic rings. The molecule has 0 aliphatic heterocycles. The molecule has 1 aromatic heterocycles. The molecule has 0 saturated heterocycles.